The fourth-order valence-corrected chi connectivity index (χ4v) is 5.06. The Labute approximate surface area is 233 Å². The van der Waals surface area contributed by atoms with Crippen molar-refractivity contribution in [3.63, 3.8) is 0 Å². The van der Waals surface area contributed by atoms with Gasteiger partial charge in [0.05, 0.1) is 23.4 Å². The van der Waals surface area contributed by atoms with Crippen molar-refractivity contribution in [3.8, 4) is 0 Å². The zero-order valence-corrected chi connectivity index (χ0v) is 22.5. The summed E-state index contributed by atoms with van der Waals surface area (Å²) in [4.78, 5) is 28.7. The molecule has 2 aliphatic heterocycles. The van der Waals surface area contributed by atoms with Gasteiger partial charge >= 0.3 is 6.18 Å². The number of alkyl halides is 3. The fraction of sp³-hybridized carbons (Fsp3) is 0.481. The zero-order chi connectivity index (χ0) is 29.0. The molecule has 7 nitrogen and oxygen atoms in total. The Bertz CT molecular complexity index is 1240. The summed E-state index contributed by atoms with van der Waals surface area (Å²) >= 11 is 6.20. The van der Waals surface area contributed by atoms with Crippen LogP contribution in [0.5, 0.6) is 0 Å². The van der Waals surface area contributed by atoms with Gasteiger partial charge in [-0.25, -0.2) is 8.78 Å². The molecule has 2 aliphatic rings. The highest BCUT2D eigenvalue weighted by Gasteiger charge is 2.31. The number of amides is 2. The summed E-state index contributed by atoms with van der Waals surface area (Å²) in [5, 5.41) is 5.50. The predicted molar refractivity (Wildman–Crippen MR) is 141 cm³/mol. The average molecular weight is 589 g/mol. The molecule has 0 spiro atoms. The lowest BCUT2D eigenvalue weighted by Crippen LogP contribution is -2.52. The molecule has 2 fully saturated rings. The summed E-state index contributed by atoms with van der Waals surface area (Å²) in [5.74, 6) is -3.92. The smallest absolute Gasteiger partial charge is 0.368 e. The molecule has 0 radical (unpaired) electrons. The van der Waals surface area contributed by atoms with E-state index >= 15 is 0 Å². The second kappa shape index (κ2) is 12.7. The molecular weight excluding hydrogens is 559 g/mol. The molecule has 2 N–H and O–H groups in total. The molecule has 0 saturated carbocycles. The van der Waals surface area contributed by atoms with E-state index in [0.717, 1.165) is 12.5 Å². The molecular formula is C27H30ClF5N4O3. The van der Waals surface area contributed by atoms with Gasteiger partial charge in [0, 0.05) is 56.0 Å². The van der Waals surface area contributed by atoms with Crippen molar-refractivity contribution in [2.75, 3.05) is 43.0 Å². The number of carbonyl (C=O) groups excluding carboxylic acids is 2. The molecule has 2 aromatic carbocycles. The van der Waals surface area contributed by atoms with Gasteiger partial charge in [-0.2, -0.15) is 13.2 Å². The maximum atomic E-state index is 14.9. The summed E-state index contributed by atoms with van der Waals surface area (Å²) in [6.45, 7) is 3.04. The van der Waals surface area contributed by atoms with Gasteiger partial charge in [0.1, 0.15) is 6.10 Å². The normalized spacial score (nSPS) is 20.0. The van der Waals surface area contributed by atoms with Crippen LogP contribution in [0.1, 0.15) is 42.1 Å². The van der Waals surface area contributed by atoms with Gasteiger partial charge in [-0.3, -0.25) is 14.5 Å². The van der Waals surface area contributed by atoms with Crippen LogP contribution in [0.15, 0.2) is 30.3 Å². The van der Waals surface area contributed by atoms with Crippen LogP contribution in [0.3, 0.4) is 0 Å². The number of ether oxygens (including phenoxy) is 1. The van der Waals surface area contributed by atoms with Crippen LogP contribution in [0.25, 0.3) is 0 Å². The van der Waals surface area contributed by atoms with Crippen molar-refractivity contribution in [2.24, 2.45) is 0 Å². The molecule has 4 rings (SSSR count). The first-order chi connectivity index (χ1) is 18.9. The molecule has 2 atom stereocenters. The molecule has 2 saturated heterocycles. The Morgan fingerprint density at radius 3 is 2.58 bits per heavy atom. The minimum absolute atomic E-state index is 0.111. The van der Waals surface area contributed by atoms with Crippen LogP contribution in [-0.2, 0) is 16.1 Å². The van der Waals surface area contributed by atoms with Gasteiger partial charge in [0.25, 0.3) is 5.91 Å². The number of halogens is 6. The molecule has 0 aromatic heterocycles. The maximum Gasteiger partial charge on any atom is 0.390 e. The number of piperazine rings is 1. The van der Waals surface area contributed by atoms with Crippen molar-refractivity contribution in [3.05, 3.63) is 58.1 Å². The Balaban J connectivity index is 1.44. The van der Waals surface area contributed by atoms with Crippen molar-refractivity contribution < 1.29 is 36.3 Å². The average Bonchev–Trinajstić information content (AvgIpc) is 3.44. The molecule has 0 unspecified atom stereocenters. The zero-order valence-electron chi connectivity index (χ0n) is 21.8. The minimum atomic E-state index is -4.24. The Morgan fingerprint density at radius 2 is 1.90 bits per heavy atom. The van der Waals surface area contributed by atoms with E-state index in [1.165, 1.54) is 18.2 Å². The highest BCUT2D eigenvalue weighted by Crippen LogP contribution is 2.33. The molecule has 218 valence electrons. The largest absolute Gasteiger partial charge is 0.390 e. The Hall–Kier alpha value is -2.96. The van der Waals surface area contributed by atoms with Crippen LogP contribution < -0.4 is 15.5 Å². The summed E-state index contributed by atoms with van der Waals surface area (Å²) in [6.07, 6.45) is -4.45. The van der Waals surface area contributed by atoms with E-state index in [4.69, 9.17) is 16.3 Å². The molecule has 0 bridgehead atoms. The SMILES string of the molecule is C[C@H]1CN(CCC(F)(F)F)CCN1c1cc(Cl)ccc1NC(=O)c1ccc(CNC(=O)[C@@H]2CCCO2)c(F)c1F. The predicted octanol–water partition coefficient (Wildman–Crippen LogP) is 5.13. The van der Waals surface area contributed by atoms with E-state index in [9.17, 15) is 31.5 Å². The number of benzene rings is 2. The molecule has 2 aromatic rings. The standard InChI is InChI=1S/C27H30ClF5N4O3/c1-16-15-36(9-8-27(31,32)33)10-11-37(16)21-13-18(28)5-7-20(21)35-25(38)19-6-4-17(23(29)24(19)30)14-34-26(39)22-3-2-12-40-22/h4-7,13,16,22H,2-3,8-12,14-15H2,1H3,(H,34,39)(H,35,38)/t16-,22-/m0/s1. The minimum Gasteiger partial charge on any atom is -0.368 e. The van der Waals surface area contributed by atoms with Crippen molar-refractivity contribution in [1.29, 1.82) is 0 Å². The monoisotopic (exact) mass is 588 g/mol. The molecule has 2 amide bonds. The number of anilines is 2. The Morgan fingerprint density at radius 1 is 1.12 bits per heavy atom. The maximum absolute atomic E-state index is 14.9. The van der Waals surface area contributed by atoms with E-state index in [1.807, 2.05) is 11.8 Å². The van der Waals surface area contributed by atoms with Crippen molar-refractivity contribution in [2.45, 2.75) is 51.1 Å². The lowest BCUT2D eigenvalue weighted by atomic mass is 10.1. The highest BCUT2D eigenvalue weighted by atomic mass is 35.5. The Kier molecular flexibility index (Phi) is 9.52. The molecule has 13 heteroatoms. The van der Waals surface area contributed by atoms with E-state index < -0.39 is 47.7 Å². The third kappa shape index (κ3) is 7.41. The van der Waals surface area contributed by atoms with Gasteiger partial charge in [0.2, 0.25) is 5.91 Å². The first kappa shape index (κ1) is 30.0. The van der Waals surface area contributed by atoms with E-state index in [2.05, 4.69) is 10.6 Å². The second-order valence-corrected chi connectivity index (χ2v) is 10.4. The van der Waals surface area contributed by atoms with E-state index in [1.54, 1.807) is 11.0 Å². The number of hydrogen-bond acceptors (Lipinski definition) is 5. The fourth-order valence-electron chi connectivity index (χ4n) is 4.90. The number of nitrogens with zero attached hydrogens (tertiary/aromatic N) is 2. The molecule has 2 heterocycles. The van der Waals surface area contributed by atoms with Crippen molar-refractivity contribution in [1.82, 2.24) is 10.2 Å². The first-order valence-electron chi connectivity index (χ1n) is 13.0. The van der Waals surface area contributed by atoms with Gasteiger partial charge < -0.3 is 20.3 Å². The quantitative estimate of drug-likeness (QED) is 0.419. The topological polar surface area (TPSA) is 73.9 Å². The number of rotatable bonds is 8. The lowest BCUT2D eigenvalue weighted by molar-refractivity contribution is -0.138. The van der Waals surface area contributed by atoms with Gasteiger partial charge in [-0.15, -0.1) is 0 Å². The number of nitrogens with one attached hydrogen (secondary N) is 2. The van der Waals surface area contributed by atoms with Gasteiger partial charge in [-0.05, 0) is 44.0 Å². The van der Waals surface area contributed by atoms with Crippen LogP contribution in [0.4, 0.5) is 33.3 Å². The molecule has 40 heavy (non-hydrogen) atoms. The summed E-state index contributed by atoms with van der Waals surface area (Å²) in [7, 11) is 0. The number of carbonyl (C=O) groups is 2. The first-order valence-corrected chi connectivity index (χ1v) is 13.3. The second-order valence-electron chi connectivity index (χ2n) is 9.94. The summed E-state index contributed by atoms with van der Waals surface area (Å²) < 4.78 is 72.9. The van der Waals surface area contributed by atoms with E-state index in [-0.39, 0.29) is 30.4 Å². The number of hydrogen-bond donors (Lipinski definition) is 2. The lowest BCUT2D eigenvalue weighted by Gasteiger charge is -2.42. The summed E-state index contributed by atoms with van der Waals surface area (Å²) in [6, 6.07) is 6.82. The summed E-state index contributed by atoms with van der Waals surface area (Å²) in [5.41, 5.74) is 0.151. The van der Waals surface area contributed by atoms with Gasteiger partial charge in [0.15, 0.2) is 11.6 Å². The third-order valence-corrected chi connectivity index (χ3v) is 7.26. The van der Waals surface area contributed by atoms with Crippen LogP contribution in [0, 0.1) is 11.6 Å². The van der Waals surface area contributed by atoms with E-state index in [0.29, 0.717) is 43.4 Å². The highest BCUT2D eigenvalue weighted by molar-refractivity contribution is 6.31. The van der Waals surface area contributed by atoms with Crippen LogP contribution in [-0.4, -0.2) is 67.8 Å². The van der Waals surface area contributed by atoms with Gasteiger partial charge in [-0.1, -0.05) is 17.7 Å². The van der Waals surface area contributed by atoms with Crippen LogP contribution in [0.2, 0.25) is 5.02 Å². The molecule has 0 aliphatic carbocycles. The van der Waals surface area contributed by atoms with Crippen LogP contribution >= 0.6 is 11.6 Å². The van der Waals surface area contributed by atoms with Crippen molar-refractivity contribution >= 4 is 34.8 Å². The third-order valence-electron chi connectivity index (χ3n) is 7.02.